The summed E-state index contributed by atoms with van der Waals surface area (Å²) in [6.07, 6.45) is 3.18. The zero-order valence-electron chi connectivity index (χ0n) is 9.40. The maximum absolute atomic E-state index is 11.4. The molecule has 0 spiro atoms. The van der Waals surface area contributed by atoms with Crippen molar-refractivity contribution < 1.29 is 9.21 Å². The van der Waals surface area contributed by atoms with Crippen LogP contribution in [0, 0.1) is 6.92 Å². The lowest BCUT2D eigenvalue weighted by atomic mass is 10.3. The molecule has 2 rings (SSSR count). The zero-order chi connectivity index (χ0) is 12.1. The number of aryl methyl sites for hydroxylation is 1. The van der Waals surface area contributed by atoms with Crippen molar-refractivity contribution in [2.75, 3.05) is 0 Å². The topological polar surface area (TPSA) is 67.2 Å². The van der Waals surface area contributed by atoms with Gasteiger partial charge in [0.05, 0.1) is 19.1 Å². The molecule has 2 heterocycles. The van der Waals surface area contributed by atoms with E-state index in [1.807, 2.05) is 18.4 Å². The molecule has 0 aliphatic rings. The van der Waals surface area contributed by atoms with Crippen LogP contribution in [0.15, 0.2) is 28.4 Å². The molecule has 2 aromatic heterocycles. The molecule has 0 aliphatic heterocycles. The van der Waals surface area contributed by atoms with E-state index in [0.717, 1.165) is 16.3 Å². The zero-order valence-corrected chi connectivity index (χ0v) is 10.2. The van der Waals surface area contributed by atoms with Gasteiger partial charge in [0.1, 0.15) is 5.01 Å². The average molecular weight is 251 g/mol. The molecule has 2 N–H and O–H groups in total. The first-order valence-electron chi connectivity index (χ1n) is 5.18. The van der Waals surface area contributed by atoms with Crippen molar-refractivity contribution in [3.63, 3.8) is 0 Å². The molecule has 0 saturated carbocycles. The van der Waals surface area contributed by atoms with Crippen LogP contribution in [0.5, 0.6) is 0 Å². The first-order valence-corrected chi connectivity index (χ1v) is 6.06. The number of nitrogens with zero attached hydrogens (tertiary/aromatic N) is 1. The van der Waals surface area contributed by atoms with Gasteiger partial charge in [-0.25, -0.2) is 9.78 Å². The molecule has 0 aromatic carbocycles. The van der Waals surface area contributed by atoms with Crippen LogP contribution < -0.4 is 10.6 Å². The van der Waals surface area contributed by atoms with E-state index in [4.69, 9.17) is 4.42 Å². The summed E-state index contributed by atoms with van der Waals surface area (Å²) in [4.78, 5) is 15.7. The molecule has 17 heavy (non-hydrogen) atoms. The van der Waals surface area contributed by atoms with Gasteiger partial charge in [0.15, 0.2) is 0 Å². The number of aromatic nitrogens is 1. The quantitative estimate of drug-likeness (QED) is 0.873. The van der Waals surface area contributed by atoms with E-state index in [-0.39, 0.29) is 6.03 Å². The van der Waals surface area contributed by atoms with Gasteiger partial charge in [-0.05, 0) is 13.0 Å². The number of carbonyl (C=O) groups is 1. The summed E-state index contributed by atoms with van der Waals surface area (Å²) in [5.41, 5.74) is 1.91. The summed E-state index contributed by atoms with van der Waals surface area (Å²) in [5, 5.41) is 8.33. The molecular formula is C11H13N3O2S. The van der Waals surface area contributed by atoms with Gasteiger partial charge in [0, 0.05) is 23.2 Å². The fraction of sp³-hybridized carbons (Fsp3) is 0.273. The van der Waals surface area contributed by atoms with Gasteiger partial charge in [-0.3, -0.25) is 0 Å². The summed E-state index contributed by atoms with van der Waals surface area (Å²) in [5.74, 6) is 0. The Morgan fingerprint density at radius 1 is 1.47 bits per heavy atom. The van der Waals surface area contributed by atoms with E-state index in [9.17, 15) is 4.79 Å². The predicted molar refractivity (Wildman–Crippen MR) is 64.6 cm³/mol. The average Bonchev–Trinajstić information content (AvgIpc) is 2.95. The number of rotatable bonds is 4. The number of furan rings is 1. The largest absolute Gasteiger partial charge is 0.472 e. The molecule has 0 fully saturated rings. The van der Waals surface area contributed by atoms with Crippen LogP contribution in [0.4, 0.5) is 4.79 Å². The van der Waals surface area contributed by atoms with Gasteiger partial charge in [-0.1, -0.05) is 0 Å². The first kappa shape index (κ1) is 11.7. The fourth-order valence-corrected chi connectivity index (χ4v) is 1.99. The third-order valence-electron chi connectivity index (χ3n) is 2.10. The molecule has 5 nitrogen and oxygen atoms in total. The highest BCUT2D eigenvalue weighted by Gasteiger charge is 2.03. The number of hydrogen-bond donors (Lipinski definition) is 2. The standard InChI is InChI=1S/C11H13N3O2S/c1-8-7-17-10(14-8)5-13-11(15)12-4-9-2-3-16-6-9/h2-3,6-7H,4-5H2,1H3,(H2,12,13,15). The highest BCUT2D eigenvalue weighted by molar-refractivity contribution is 7.09. The second kappa shape index (κ2) is 5.49. The molecule has 0 radical (unpaired) electrons. The highest BCUT2D eigenvalue weighted by Crippen LogP contribution is 2.07. The summed E-state index contributed by atoms with van der Waals surface area (Å²) in [7, 11) is 0. The molecule has 0 unspecified atom stereocenters. The maximum Gasteiger partial charge on any atom is 0.315 e. The van der Waals surface area contributed by atoms with E-state index in [1.54, 1.807) is 12.5 Å². The highest BCUT2D eigenvalue weighted by atomic mass is 32.1. The Kier molecular flexibility index (Phi) is 3.77. The van der Waals surface area contributed by atoms with Gasteiger partial charge in [0.2, 0.25) is 0 Å². The van der Waals surface area contributed by atoms with E-state index in [0.29, 0.717) is 13.1 Å². The molecule has 0 atom stereocenters. The van der Waals surface area contributed by atoms with Crippen molar-refractivity contribution in [2.24, 2.45) is 0 Å². The monoisotopic (exact) mass is 251 g/mol. The normalized spacial score (nSPS) is 10.2. The van der Waals surface area contributed by atoms with E-state index < -0.39 is 0 Å². The molecule has 2 amide bonds. The lowest BCUT2D eigenvalue weighted by Gasteiger charge is -2.04. The van der Waals surface area contributed by atoms with Crippen LogP contribution >= 0.6 is 11.3 Å². The fourth-order valence-electron chi connectivity index (χ4n) is 1.28. The lowest BCUT2D eigenvalue weighted by molar-refractivity contribution is 0.240. The molecule has 0 saturated heterocycles. The van der Waals surface area contributed by atoms with Gasteiger partial charge in [-0.15, -0.1) is 11.3 Å². The van der Waals surface area contributed by atoms with Gasteiger partial charge in [-0.2, -0.15) is 0 Å². The Labute approximate surface area is 103 Å². The second-order valence-corrected chi connectivity index (χ2v) is 4.49. The smallest absolute Gasteiger partial charge is 0.315 e. The maximum atomic E-state index is 11.4. The third kappa shape index (κ3) is 3.60. The number of amides is 2. The SMILES string of the molecule is Cc1csc(CNC(=O)NCc2ccoc2)n1. The summed E-state index contributed by atoms with van der Waals surface area (Å²) < 4.78 is 4.90. The van der Waals surface area contributed by atoms with Gasteiger partial charge >= 0.3 is 6.03 Å². The number of urea groups is 1. The number of carbonyl (C=O) groups excluding carboxylic acids is 1. The Bertz CT molecular complexity index is 479. The minimum Gasteiger partial charge on any atom is -0.472 e. The Morgan fingerprint density at radius 2 is 2.29 bits per heavy atom. The van der Waals surface area contributed by atoms with E-state index in [1.165, 1.54) is 11.3 Å². The van der Waals surface area contributed by atoms with Crippen LogP contribution in [-0.2, 0) is 13.1 Å². The Balaban J connectivity index is 1.71. The number of thiazole rings is 1. The molecule has 90 valence electrons. The lowest BCUT2D eigenvalue weighted by Crippen LogP contribution is -2.34. The van der Waals surface area contributed by atoms with Crippen molar-refractivity contribution in [1.29, 1.82) is 0 Å². The van der Waals surface area contributed by atoms with Crippen molar-refractivity contribution in [1.82, 2.24) is 15.6 Å². The van der Waals surface area contributed by atoms with Crippen molar-refractivity contribution in [3.05, 3.63) is 40.2 Å². The van der Waals surface area contributed by atoms with E-state index in [2.05, 4.69) is 15.6 Å². The molecule has 2 aromatic rings. The summed E-state index contributed by atoms with van der Waals surface area (Å²) in [6.45, 7) is 2.84. The predicted octanol–water partition coefficient (Wildman–Crippen LogP) is 2.04. The molecule has 6 heteroatoms. The van der Waals surface area contributed by atoms with Gasteiger partial charge < -0.3 is 15.1 Å². The first-order chi connectivity index (χ1) is 8.24. The van der Waals surface area contributed by atoms with Crippen molar-refractivity contribution in [3.8, 4) is 0 Å². The second-order valence-electron chi connectivity index (χ2n) is 3.55. The van der Waals surface area contributed by atoms with E-state index >= 15 is 0 Å². The minimum absolute atomic E-state index is 0.209. The van der Waals surface area contributed by atoms with Crippen LogP contribution in [-0.4, -0.2) is 11.0 Å². The molecular weight excluding hydrogens is 238 g/mol. The third-order valence-corrected chi connectivity index (χ3v) is 3.07. The Hall–Kier alpha value is -1.82. The van der Waals surface area contributed by atoms with Gasteiger partial charge in [0.25, 0.3) is 0 Å². The van der Waals surface area contributed by atoms with Crippen molar-refractivity contribution in [2.45, 2.75) is 20.0 Å². The van der Waals surface area contributed by atoms with Crippen LogP contribution in [0.25, 0.3) is 0 Å². The number of hydrogen-bond acceptors (Lipinski definition) is 4. The van der Waals surface area contributed by atoms with Crippen molar-refractivity contribution >= 4 is 17.4 Å². The number of nitrogens with one attached hydrogen (secondary N) is 2. The summed E-state index contributed by atoms with van der Waals surface area (Å²) >= 11 is 1.54. The van der Waals surface area contributed by atoms with Crippen LogP contribution in [0.2, 0.25) is 0 Å². The van der Waals surface area contributed by atoms with Crippen LogP contribution in [0.3, 0.4) is 0 Å². The minimum atomic E-state index is -0.209. The molecule has 0 bridgehead atoms. The Morgan fingerprint density at radius 3 is 2.94 bits per heavy atom. The summed E-state index contributed by atoms with van der Waals surface area (Å²) in [6, 6.07) is 1.60. The van der Waals surface area contributed by atoms with Crippen LogP contribution in [0.1, 0.15) is 16.3 Å². The molecule has 0 aliphatic carbocycles.